The molecule has 132 valence electrons. The summed E-state index contributed by atoms with van der Waals surface area (Å²) in [5.41, 5.74) is 0.450. The van der Waals surface area contributed by atoms with Crippen LogP contribution < -0.4 is 10.2 Å². The van der Waals surface area contributed by atoms with Gasteiger partial charge in [0.15, 0.2) is 5.43 Å². The van der Waals surface area contributed by atoms with Gasteiger partial charge in [0, 0.05) is 24.5 Å². The first-order valence-electron chi connectivity index (χ1n) is 8.07. The van der Waals surface area contributed by atoms with Crippen molar-refractivity contribution < 1.29 is 18.3 Å². The first kappa shape index (κ1) is 16.7. The number of carbonyl (C=O) groups excluding carboxylic acids is 1. The van der Waals surface area contributed by atoms with Crippen LogP contribution in [0.4, 0.5) is 4.39 Å². The van der Waals surface area contributed by atoms with Gasteiger partial charge in [-0.15, -0.1) is 0 Å². The number of esters is 1. The van der Waals surface area contributed by atoms with Crippen LogP contribution in [0, 0.1) is 5.82 Å². The number of hydrogen-bond donors (Lipinski definition) is 0. The van der Waals surface area contributed by atoms with Crippen molar-refractivity contribution in [3.8, 4) is 17.1 Å². The molecule has 0 aliphatic heterocycles. The summed E-state index contributed by atoms with van der Waals surface area (Å²) in [6.07, 6.45) is 2.89. The Labute approximate surface area is 152 Å². The number of para-hydroxylation sites is 1. The van der Waals surface area contributed by atoms with Crippen LogP contribution in [-0.2, 0) is 0 Å². The predicted octanol–water partition coefficient (Wildman–Crippen LogP) is 4.21. The molecule has 0 aliphatic rings. The fourth-order valence-electron chi connectivity index (χ4n) is 2.65. The standard InChI is InChI=1S/C21H12FNO4/c22-17-10-14(26-21(25)13-4-3-9-23-12-13)7-8-15(17)20-11-18(24)16-5-1-2-6-19(16)27-20/h1-12H. The minimum absolute atomic E-state index is 0.0354. The second-order valence-corrected chi connectivity index (χ2v) is 5.74. The fraction of sp³-hybridized carbons (Fsp3) is 0. The van der Waals surface area contributed by atoms with E-state index in [1.165, 1.54) is 30.6 Å². The van der Waals surface area contributed by atoms with Crippen molar-refractivity contribution in [2.45, 2.75) is 0 Å². The van der Waals surface area contributed by atoms with E-state index >= 15 is 0 Å². The van der Waals surface area contributed by atoms with Crippen molar-refractivity contribution >= 4 is 16.9 Å². The van der Waals surface area contributed by atoms with Crippen LogP contribution in [0.2, 0.25) is 0 Å². The summed E-state index contributed by atoms with van der Waals surface area (Å²) in [6.45, 7) is 0. The topological polar surface area (TPSA) is 69.4 Å². The van der Waals surface area contributed by atoms with Gasteiger partial charge in [0.25, 0.3) is 0 Å². The number of rotatable bonds is 3. The second-order valence-electron chi connectivity index (χ2n) is 5.74. The Bertz CT molecular complexity index is 1200. The summed E-state index contributed by atoms with van der Waals surface area (Å²) in [7, 11) is 0. The van der Waals surface area contributed by atoms with Gasteiger partial charge in [0.2, 0.25) is 0 Å². The predicted molar refractivity (Wildman–Crippen MR) is 97.1 cm³/mol. The molecule has 0 saturated heterocycles. The molecule has 0 radical (unpaired) electrons. The average molecular weight is 361 g/mol. The number of benzene rings is 2. The summed E-state index contributed by atoms with van der Waals surface area (Å²) < 4.78 is 25.4. The second kappa shape index (κ2) is 6.84. The van der Waals surface area contributed by atoms with Crippen molar-refractivity contribution in [3.63, 3.8) is 0 Å². The summed E-state index contributed by atoms with van der Waals surface area (Å²) in [5.74, 6) is -1.19. The Morgan fingerprint density at radius 2 is 1.89 bits per heavy atom. The van der Waals surface area contributed by atoms with Gasteiger partial charge >= 0.3 is 5.97 Å². The number of aromatic nitrogens is 1. The Kier molecular flexibility index (Phi) is 4.22. The Balaban J connectivity index is 1.66. The number of ether oxygens (including phenoxy) is 1. The maximum Gasteiger partial charge on any atom is 0.345 e. The number of pyridine rings is 1. The van der Waals surface area contributed by atoms with Gasteiger partial charge in [-0.3, -0.25) is 9.78 Å². The van der Waals surface area contributed by atoms with Crippen LogP contribution in [-0.4, -0.2) is 11.0 Å². The van der Waals surface area contributed by atoms with Gasteiger partial charge < -0.3 is 9.15 Å². The molecule has 0 bridgehead atoms. The van der Waals surface area contributed by atoms with E-state index in [2.05, 4.69) is 4.98 Å². The van der Waals surface area contributed by atoms with Gasteiger partial charge in [0.05, 0.1) is 16.5 Å². The molecule has 0 unspecified atom stereocenters. The third-order valence-corrected chi connectivity index (χ3v) is 3.95. The number of fused-ring (bicyclic) bond motifs is 1. The zero-order chi connectivity index (χ0) is 18.8. The fourth-order valence-corrected chi connectivity index (χ4v) is 2.65. The highest BCUT2D eigenvalue weighted by molar-refractivity contribution is 5.90. The first-order chi connectivity index (χ1) is 13.1. The molecule has 4 aromatic rings. The van der Waals surface area contributed by atoms with Crippen LogP contribution in [0.5, 0.6) is 5.75 Å². The molecule has 0 spiro atoms. The maximum absolute atomic E-state index is 14.6. The summed E-state index contributed by atoms with van der Waals surface area (Å²) in [6, 6.07) is 15.0. The van der Waals surface area contributed by atoms with E-state index in [0.29, 0.717) is 11.0 Å². The Morgan fingerprint density at radius 1 is 1.04 bits per heavy atom. The number of carbonyl (C=O) groups is 1. The minimum atomic E-state index is -0.676. The number of nitrogens with zero attached hydrogens (tertiary/aromatic N) is 1. The quantitative estimate of drug-likeness (QED) is 0.404. The zero-order valence-corrected chi connectivity index (χ0v) is 13.9. The Hall–Kier alpha value is -3.80. The number of hydrogen-bond acceptors (Lipinski definition) is 5. The van der Waals surface area contributed by atoms with E-state index in [1.54, 1.807) is 36.4 Å². The normalized spacial score (nSPS) is 10.7. The van der Waals surface area contributed by atoms with Crippen LogP contribution in [0.3, 0.4) is 0 Å². The van der Waals surface area contributed by atoms with E-state index in [-0.39, 0.29) is 28.1 Å². The van der Waals surface area contributed by atoms with Crippen LogP contribution in [0.25, 0.3) is 22.3 Å². The van der Waals surface area contributed by atoms with Crippen molar-refractivity contribution in [1.82, 2.24) is 4.98 Å². The van der Waals surface area contributed by atoms with Gasteiger partial charge in [-0.05, 0) is 36.4 Å². The molecule has 0 amide bonds. The maximum atomic E-state index is 14.6. The lowest BCUT2D eigenvalue weighted by Crippen LogP contribution is -2.08. The van der Waals surface area contributed by atoms with Crippen molar-refractivity contribution in [2.75, 3.05) is 0 Å². The molecule has 5 nitrogen and oxygen atoms in total. The van der Waals surface area contributed by atoms with Gasteiger partial charge in [-0.1, -0.05) is 12.1 Å². The van der Waals surface area contributed by atoms with Gasteiger partial charge in [0.1, 0.15) is 22.9 Å². The molecule has 0 aliphatic carbocycles. The van der Waals surface area contributed by atoms with Crippen molar-refractivity contribution in [1.29, 1.82) is 0 Å². The summed E-state index contributed by atoms with van der Waals surface area (Å²) in [5, 5.41) is 0.420. The van der Waals surface area contributed by atoms with Crippen LogP contribution in [0.1, 0.15) is 10.4 Å². The van der Waals surface area contributed by atoms with E-state index in [1.807, 2.05) is 0 Å². The molecule has 0 saturated carbocycles. The summed E-state index contributed by atoms with van der Waals surface area (Å²) in [4.78, 5) is 28.1. The average Bonchev–Trinajstić information content (AvgIpc) is 2.69. The molecular formula is C21H12FNO4. The molecule has 6 heteroatoms. The molecule has 2 aromatic heterocycles. The molecular weight excluding hydrogens is 349 g/mol. The van der Waals surface area contributed by atoms with Gasteiger partial charge in [-0.25, -0.2) is 9.18 Å². The van der Waals surface area contributed by atoms with E-state index in [0.717, 1.165) is 6.07 Å². The van der Waals surface area contributed by atoms with E-state index in [4.69, 9.17) is 9.15 Å². The van der Waals surface area contributed by atoms with Crippen LogP contribution >= 0.6 is 0 Å². The highest BCUT2D eigenvalue weighted by Crippen LogP contribution is 2.27. The van der Waals surface area contributed by atoms with E-state index < -0.39 is 11.8 Å². The monoisotopic (exact) mass is 361 g/mol. The molecule has 0 fully saturated rings. The third kappa shape index (κ3) is 3.32. The lowest BCUT2D eigenvalue weighted by atomic mass is 10.1. The van der Waals surface area contributed by atoms with E-state index in [9.17, 15) is 14.0 Å². The Morgan fingerprint density at radius 3 is 2.67 bits per heavy atom. The third-order valence-electron chi connectivity index (χ3n) is 3.95. The highest BCUT2D eigenvalue weighted by atomic mass is 19.1. The molecule has 27 heavy (non-hydrogen) atoms. The number of halogens is 1. The SMILES string of the molecule is O=C(Oc1ccc(-c2cc(=O)c3ccccc3o2)c(F)c1)c1cccnc1. The van der Waals surface area contributed by atoms with Crippen molar-refractivity contribution in [3.05, 3.63) is 94.7 Å². The first-order valence-corrected chi connectivity index (χ1v) is 8.07. The molecule has 2 heterocycles. The lowest BCUT2D eigenvalue weighted by Gasteiger charge is -2.07. The lowest BCUT2D eigenvalue weighted by molar-refractivity contribution is 0.0734. The smallest absolute Gasteiger partial charge is 0.345 e. The molecule has 0 atom stereocenters. The van der Waals surface area contributed by atoms with Crippen molar-refractivity contribution in [2.24, 2.45) is 0 Å². The highest BCUT2D eigenvalue weighted by Gasteiger charge is 2.14. The van der Waals surface area contributed by atoms with Gasteiger partial charge in [-0.2, -0.15) is 0 Å². The largest absolute Gasteiger partial charge is 0.456 e. The minimum Gasteiger partial charge on any atom is -0.456 e. The molecule has 0 N–H and O–H groups in total. The molecule has 4 rings (SSSR count). The van der Waals surface area contributed by atoms with Crippen LogP contribution in [0.15, 0.2) is 82.3 Å². The molecule has 2 aromatic carbocycles. The zero-order valence-electron chi connectivity index (χ0n) is 13.9. The summed E-state index contributed by atoms with van der Waals surface area (Å²) >= 11 is 0.